The van der Waals surface area contributed by atoms with Crippen LogP contribution in [0.5, 0.6) is 0 Å². The Morgan fingerprint density at radius 3 is 2.59 bits per heavy atom. The van der Waals surface area contributed by atoms with Crippen LogP contribution in [0.4, 0.5) is 0 Å². The predicted octanol–water partition coefficient (Wildman–Crippen LogP) is 1.06. The van der Waals surface area contributed by atoms with Gasteiger partial charge in [0, 0.05) is 19.0 Å². The fraction of sp³-hybridized carbons (Fsp3) is 0.846. The first-order chi connectivity index (χ1) is 8.23. The number of amides is 2. The van der Waals surface area contributed by atoms with Gasteiger partial charge in [0.15, 0.2) is 0 Å². The average Bonchev–Trinajstić information content (AvgIpc) is 2.90. The largest absolute Gasteiger partial charge is 0.316 e. The molecule has 4 nitrogen and oxygen atoms in total. The Morgan fingerprint density at radius 1 is 1.18 bits per heavy atom. The molecule has 2 heterocycles. The monoisotopic (exact) mass is 236 g/mol. The molecule has 94 valence electrons. The summed E-state index contributed by atoms with van der Waals surface area (Å²) in [6, 6.07) is 0.205. The van der Waals surface area contributed by atoms with E-state index in [4.69, 9.17) is 0 Å². The number of piperidine rings is 1. The molecule has 1 N–H and O–H groups in total. The summed E-state index contributed by atoms with van der Waals surface area (Å²) in [4.78, 5) is 26.3. The summed E-state index contributed by atoms with van der Waals surface area (Å²) in [6.07, 6.45) is 6.68. The van der Waals surface area contributed by atoms with E-state index in [0.717, 1.165) is 45.1 Å². The molecule has 3 rings (SSSR count). The number of hydrogen-bond donors (Lipinski definition) is 1. The molecule has 0 radical (unpaired) electrons. The molecule has 3 aliphatic rings. The topological polar surface area (TPSA) is 49.4 Å². The number of nitrogens with one attached hydrogen (secondary N) is 1. The molecule has 1 saturated carbocycles. The van der Waals surface area contributed by atoms with Gasteiger partial charge in [-0.25, -0.2) is 0 Å². The Bertz CT molecular complexity index is 341. The molecule has 17 heavy (non-hydrogen) atoms. The number of hydrogen-bond acceptors (Lipinski definition) is 3. The van der Waals surface area contributed by atoms with E-state index in [-0.39, 0.29) is 17.9 Å². The lowest BCUT2D eigenvalue weighted by atomic mass is 9.79. The third-order valence-electron chi connectivity index (χ3n) is 4.59. The van der Waals surface area contributed by atoms with Gasteiger partial charge in [0.05, 0.1) is 5.41 Å². The van der Waals surface area contributed by atoms with Crippen molar-refractivity contribution in [1.82, 2.24) is 10.2 Å². The van der Waals surface area contributed by atoms with Crippen molar-refractivity contribution in [3.63, 3.8) is 0 Å². The van der Waals surface area contributed by atoms with Gasteiger partial charge in [-0.1, -0.05) is 12.8 Å². The third-order valence-corrected chi connectivity index (χ3v) is 4.59. The van der Waals surface area contributed by atoms with Crippen LogP contribution in [0.1, 0.15) is 44.9 Å². The van der Waals surface area contributed by atoms with E-state index in [1.54, 1.807) is 4.90 Å². The molecule has 2 saturated heterocycles. The van der Waals surface area contributed by atoms with Crippen molar-refractivity contribution < 1.29 is 9.59 Å². The number of likely N-dealkylation sites (tertiary alicyclic amines) is 1. The molecule has 3 fully saturated rings. The Hall–Kier alpha value is -0.900. The van der Waals surface area contributed by atoms with Crippen molar-refractivity contribution in [2.45, 2.75) is 51.0 Å². The van der Waals surface area contributed by atoms with Crippen LogP contribution in [0, 0.1) is 5.41 Å². The van der Waals surface area contributed by atoms with Crippen molar-refractivity contribution >= 4 is 11.8 Å². The lowest BCUT2D eigenvalue weighted by molar-refractivity contribution is -0.144. The molecule has 2 aliphatic heterocycles. The van der Waals surface area contributed by atoms with Crippen molar-refractivity contribution in [2.75, 3.05) is 13.1 Å². The summed E-state index contributed by atoms with van der Waals surface area (Å²) in [7, 11) is 0. The van der Waals surface area contributed by atoms with Crippen LogP contribution in [0.15, 0.2) is 0 Å². The Kier molecular flexibility index (Phi) is 2.69. The van der Waals surface area contributed by atoms with Crippen LogP contribution < -0.4 is 5.32 Å². The van der Waals surface area contributed by atoms with E-state index >= 15 is 0 Å². The predicted molar refractivity (Wildman–Crippen MR) is 63.3 cm³/mol. The van der Waals surface area contributed by atoms with Crippen LogP contribution in [0.3, 0.4) is 0 Å². The van der Waals surface area contributed by atoms with E-state index in [0.29, 0.717) is 13.0 Å². The maximum atomic E-state index is 12.5. The molecule has 4 heteroatoms. The minimum atomic E-state index is -0.391. The van der Waals surface area contributed by atoms with Crippen LogP contribution in [0.2, 0.25) is 0 Å². The first kappa shape index (κ1) is 11.2. The zero-order valence-electron chi connectivity index (χ0n) is 10.2. The Balaban J connectivity index is 1.82. The number of carbonyl (C=O) groups is 2. The van der Waals surface area contributed by atoms with Gasteiger partial charge < -0.3 is 5.32 Å². The van der Waals surface area contributed by atoms with Gasteiger partial charge >= 0.3 is 0 Å². The molecular weight excluding hydrogens is 216 g/mol. The lowest BCUT2D eigenvalue weighted by Gasteiger charge is -2.32. The van der Waals surface area contributed by atoms with Crippen molar-refractivity contribution in [3.05, 3.63) is 0 Å². The average molecular weight is 236 g/mol. The molecule has 1 spiro atoms. The molecule has 1 aliphatic carbocycles. The number of rotatable bonds is 1. The molecule has 2 amide bonds. The summed E-state index contributed by atoms with van der Waals surface area (Å²) >= 11 is 0. The van der Waals surface area contributed by atoms with Gasteiger partial charge in [-0.15, -0.1) is 0 Å². The maximum absolute atomic E-state index is 12.5. The lowest BCUT2D eigenvalue weighted by Crippen LogP contribution is -2.47. The van der Waals surface area contributed by atoms with E-state index in [2.05, 4.69) is 5.32 Å². The molecule has 0 aromatic carbocycles. The quantitative estimate of drug-likeness (QED) is 0.693. The summed E-state index contributed by atoms with van der Waals surface area (Å²) in [5.74, 6) is 0.187. The summed E-state index contributed by atoms with van der Waals surface area (Å²) < 4.78 is 0. The highest BCUT2D eigenvalue weighted by Crippen LogP contribution is 2.41. The van der Waals surface area contributed by atoms with Crippen LogP contribution >= 0.6 is 0 Å². The second kappa shape index (κ2) is 4.09. The Morgan fingerprint density at radius 2 is 1.94 bits per heavy atom. The SMILES string of the molecule is O=C1C[C@@]2(CCCNC2)C(=O)N1C1CCCC1. The van der Waals surface area contributed by atoms with Crippen LogP contribution in [-0.4, -0.2) is 35.8 Å². The van der Waals surface area contributed by atoms with E-state index < -0.39 is 5.41 Å². The van der Waals surface area contributed by atoms with Crippen LogP contribution in [-0.2, 0) is 9.59 Å². The van der Waals surface area contributed by atoms with Gasteiger partial charge in [-0.3, -0.25) is 14.5 Å². The van der Waals surface area contributed by atoms with E-state index in [9.17, 15) is 9.59 Å². The summed E-state index contributed by atoms with van der Waals surface area (Å²) in [5, 5.41) is 3.28. The van der Waals surface area contributed by atoms with Crippen LogP contribution in [0.25, 0.3) is 0 Å². The van der Waals surface area contributed by atoms with Crippen molar-refractivity contribution in [1.29, 1.82) is 0 Å². The summed E-state index contributed by atoms with van der Waals surface area (Å²) in [5.41, 5.74) is -0.391. The van der Waals surface area contributed by atoms with Gasteiger partial charge in [-0.2, -0.15) is 0 Å². The highest BCUT2D eigenvalue weighted by atomic mass is 16.2. The first-order valence-electron chi connectivity index (χ1n) is 6.80. The van der Waals surface area contributed by atoms with Crippen molar-refractivity contribution in [2.24, 2.45) is 5.41 Å². The van der Waals surface area contributed by atoms with Gasteiger partial charge in [-0.05, 0) is 32.2 Å². The normalized spacial score (nSPS) is 35.2. The smallest absolute Gasteiger partial charge is 0.237 e. The molecule has 1 atom stereocenters. The molecule has 0 aromatic rings. The van der Waals surface area contributed by atoms with E-state index in [1.165, 1.54) is 0 Å². The minimum Gasteiger partial charge on any atom is -0.316 e. The fourth-order valence-corrected chi connectivity index (χ4v) is 3.65. The number of imide groups is 1. The highest BCUT2D eigenvalue weighted by molar-refractivity contribution is 6.06. The zero-order chi connectivity index (χ0) is 11.9. The van der Waals surface area contributed by atoms with E-state index in [1.807, 2.05) is 0 Å². The highest BCUT2D eigenvalue weighted by Gasteiger charge is 2.53. The minimum absolute atomic E-state index is 0.0746. The third kappa shape index (κ3) is 1.69. The standard InChI is InChI=1S/C13H20N2O2/c16-11-8-13(6-3-7-14-9-13)12(17)15(11)10-4-1-2-5-10/h10,14H,1-9H2/t13-/m1/s1. The first-order valence-corrected chi connectivity index (χ1v) is 6.80. The molecule has 0 aromatic heterocycles. The number of nitrogens with zero attached hydrogens (tertiary/aromatic N) is 1. The van der Waals surface area contributed by atoms with Gasteiger partial charge in [0.1, 0.15) is 0 Å². The summed E-state index contributed by atoms with van der Waals surface area (Å²) in [6.45, 7) is 1.67. The molecule has 0 unspecified atom stereocenters. The Labute approximate surface area is 102 Å². The zero-order valence-corrected chi connectivity index (χ0v) is 10.2. The van der Waals surface area contributed by atoms with Crippen molar-refractivity contribution in [3.8, 4) is 0 Å². The van der Waals surface area contributed by atoms with Gasteiger partial charge in [0.25, 0.3) is 0 Å². The molecular formula is C13H20N2O2. The second-order valence-corrected chi connectivity index (χ2v) is 5.74. The second-order valence-electron chi connectivity index (χ2n) is 5.74. The number of carbonyl (C=O) groups excluding carboxylic acids is 2. The molecule has 0 bridgehead atoms. The fourth-order valence-electron chi connectivity index (χ4n) is 3.65. The maximum Gasteiger partial charge on any atom is 0.237 e. The van der Waals surface area contributed by atoms with Gasteiger partial charge in [0.2, 0.25) is 11.8 Å².